The second-order valence-corrected chi connectivity index (χ2v) is 10.5. The molecule has 2 aliphatic rings. The number of carbonyl (C=O) groups is 2. The van der Waals surface area contributed by atoms with Crippen molar-refractivity contribution in [3.8, 4) is 0 Å². The lowest BCUT2D eigenvalue weighted by molar-refractivity contribution is -0.129. The first-order valence-corrected chi connectivity index (χ1v) is 12.5. The number of piperazine rings is 1. The van der Waals surface area contributed by atoms with E-state index in [0.717, 1.165) is 5.56 Å². The highest BCUT2D eigenvalue weighted by molar-refractivity contribution is 7.93. The molecule has 1 saturated heterocycles. The van der Waals surface area contributed by atoms with E-state index in [-0.39, 0.29) is 35.4 Å². The Balaban J connectivity index is 1.62. The van der Waals surface area contributed by atoms with Crippen molar-refractivity contribution in [1.29, 1.82) is 0 Å². The summed E-state index contributed by atoms with van der Waals surface area (Å²) in [5.74, 6) is -0.337. The zero-order valence-electron chi connectivity index (χ0n) is 19.2. The second kappa shape index (κ2) is 8.98. The Hall–Kier alpha value is -3.59. The van der Waals surface area contributed by atoms with Gasteiger partial charge in [0.1, 0.15) is 0 Å². The molecular formula is C25H27N3O5S. The predicted octanol–water partition coefficient (Wildman–Crippen LogP) is 3.99. The van der Waals surface area contributed by atoms with Gasteiger partial charge in [0.2, 0.25) is 15.9 Å². The fourth-order valence-electron chi connectivity index (χ4n) is 4.00. The monoisotopic (exact) mass is 481 g/mol. The van der Waals surface area contributed by atoms with Gasteiger partial charge in [-0.2, -0.15) is 0 Å². The van der Waals surface area contributed by atoms with Crippen LogP contribution in [-0.4, -0.2) is 47.9 Å². The van der Waals surface area contributed by atoms with E-state index < -0.39 is 10.0 Å². The molecule has 1 aromatic carbocycles. The van der Waals surface area contributed by atoms with Crippen molar-refractivity contribution in [2.75, 3.05) is 11.3 Å². The molecule has 1 aliphatic heterocycles. The molecule has 8 nitrogen and oxygen atoms in total. The lowest BCUT2D eigenvalue weighted by Gasteiger charge is -2.42. The van der Waals surface area contributed by atoms with Crippen molar-refractivity contribution < 1.29 is 22.4 Å². The molecule has 1 unspecified atom stereocenters. The van der Waals surface area contributed by atoms with E-state index in [1.807, 2.05) is 6.92 Å². The number of nitrogens with zero attached hydrogens (tertiary/aromatic N) is 2. The summed E-state index contributed by atoms with van der Waals surface area (Å²) in [5, 5.41) is -0.312. The second-order valence-electron chi connectivity index (χ2n) is 8.56. The zero-order valence-corrected chi connectivity index (χ0v) is 20.0. The molecule has 4 rings (SSSR count). The molecule has 178 valence electrons. The van der Waals surface area contributed by atoms with Crippen molar-refractivity contribution in [3.05, 3.63) is 84.6 Å². The minimum atomic E-state index is -3.35. The average Bonchev–Trinajstić information content (AvgIpc) is 3.51. The summed E-state index contributed by atoms with van der Waals surface area (Å²) in [7, 11) is -3.35. The lowest BCUT2D eigenvalue weighted by Crippen LogP contribution is -2.52. The molecule has 1 atom stereocenters. The molecular weight excluding hydrogens is 454 g/mol. The Bertz CT molecular complexity index is 1270. The first-order valence-electron chi connectivity index (χ1n) is 11.0. The van der Waals surface area contributed by atoms with E-state index in [4.69, 9.17) is 4.42 Å². The van der Waals surface area contributed by atoms with Gasteiger partial charge in [-0.05, 0) is 61.2 Å². The number of furan rings is 1. The summed E-state index contributed by atoms with van der Waals surface area (Å²) in [6.45, 7) is 11.8. The van der Waals surface area contributed by atoms with Gasteiger partial charge in [0.25, 0.3) is 5.91 Å². The predicted molar refractivity (Wildman–Crippen MR) is 130 cm³/mol. The molecule has 1 aliphatic carbocycles. The average molecular weight is 482 g/mol. The summed E-state index contributed by atoms with van der Waals surface area (Å²) in [6, 6.07) is 9.79. The number of nitrogens with one attached hydrogen (secondary N) is 1. The van der Waals surface area contributed by atoms with Gasteiger partial charge in [-0.15, -0.1) is 0 Å². The number of carbonyl (C=O) groups excluding carboxylic acids is 2. The number of benzene rings is 1. The number of hydrogen-bond acceptors (Lipinski definition) is 5. The maximum absolute atomic E-state index is 13.1. The van der Waals surface area contributed by atoms with Gasteiger partial charge in [0, 0.05) is 19.2 Å². The number of hydrogen-bond donors (Lipinski definition) is 1. The highest BCUT2D eigenvalue weighted by atomic mass is 32.2. The highest BCUT2D eigenvalue weighted by Crippen LogP contribution is 2.32. The third-order valence-electron chi connectivity index (χ3n) is 5.87. The third-order valence-corrected chi connectivity index (χ3v) is 7.74. The van der Waals surface area contributed by atoms with Crippen molar-refractivity contribution in [2.45, 2.75) is 38.0 Å². The molecule has 9 heteroatoms. The van der Waals surface area contributed by atoms with Gasteiger partial charge in [-0.25, -0.2) is 8.42 Å². The smallest absolute Gasteiger partial charge is 0.294 e. The molecule has 0 radical (unpaired) electrons. The van der Waals surface area contributed by atoms with Crippen LogP contribution in [0.3, 0.4) is 0 Å². The fraction of sp³-hybridized carbons (Fsp3) is 0.280. The number of sulfonamides is 1. The van der Waals surface area contributed by atoms with Crippen LogP contribution >= 0.6 is 0 Å². The summed E-state index contributed by atoms with van der Waals surface area (Å²) >= 11 is 0. The van der Waals surface area contributed by atoms with Crippen LogP contribution in [0.25, 0.3) is 5.57 Å². The van der Waals surface area contributed by atoms with Crippen molar-refractivity contribution in [2.24, 2.45) is 0 Å². The van der Waals surface area contributed by atoms with Crippen LogP contribution in [0, 0.1) is 0 Å². The summed E-state index contributed by atoms with van der Waals surface area (Å²) < 4.78 is 32.2. The van der Waals surface area contributed by atoms with Gasteiger partial charge in [0.15, 0.2) is 5.76 Å². The number of allylic oxidation sites excluding steroid dienone is 2. The Morgan fingerprint density at radius 2 is 1.85 bits per heavy atom. The minimum absolute atomic E-state index is 0.175. The molecule has 1 aromatic heterocycles. The van der Waals surface area contributed by atoms with Crippen molar-refractivity contribution in [1.82, 2.24) is 9.80 Å². The Morgan fingerprint density at radius 3 is 2.41 bits per heavy atom. The van der Waals surface area contributed by atoms with Crippen molar-refractivity contribution >= 4 is 33.1 Å². The quantitative estimate of drug-likeness (QED) is 0.673. The third kappa shape index (κ3) is 4.70. The standard InChI is InChI=1S/C25H27N3O5S/c1-16(20-7-9-21(10-8-20)26-34(31,32)22-11-12-22)14-23-18(3)28(19(4)29)17(2)15-27(23)25(30)24-6-5-13-33-24/h5-10,13-14,17,22,26H,1,3,11-12,15H2,2,4H3/b23-14+. The molecule has 2 aromatic rings. The molecule has 2 amide bonds. The van der Waals surface area contributed by atoms with Gasteiger partial charge < -0.3 is 14.2 Å². The summed E-state index contributed by atoms with van der Waals surface area (Å²) in [4.78, 5) is 28.5. The van der Waals surface area contributed by atoms with Crippen LogP contribution in [0.4, 0.5) is 5.69 Å². The van der Waals surface area contributed by atoms with Crippen LogP contribution in [0.15, 0.2) is 77.7 Å². The summed E-state index contributed by atoms with van der Waals surface area (Å²) in [6.07, 6.45) is 4.50. The largest absolute Gasteiger partial charge is 0.459 e. The first-order chi connectivity index (χ1) is 16.1. The van der Waals surface area contributed by atoms with Crippen LogP contribution in [0.2, 0.25) is 0 Å². The molecule has 0 bridgehead atoms. The van der Waals surface area contributed by atoms with E-state index >= 15 is 0 Å². The van der Waals surface area contributed by atoms with Crippen molar-refractivity contribution in [3.63, 3.8) is 0 Å². The molecule has 2 heterocycles. The topological polar surface area (TPSA) is 99.9 Å². The first kappa shape index (κ1) is 23.6. The zero-order chi connectivity index (χ0) is 24.6. The highest BCUT2D eigenvalue weighted by Gasteiger charge is 2.37. The van der Waals surface area contributed by atoms with Crippen LogP contribution in [0.1, 0.15) is 42.8 Å². The van der Waals surface area contributed by atoms with E-state index in [9.17, 15) is 18.0 Å². The molecule has 1 saturated carbocycles. The number of rotatable bonds is 6. The van der Waals surface area contributed by atoms with Gasteiger partial charge in [-0.3, -0.25) is 14.3 Å². The number of anilines is 1. The van der Waals surface area contributed by atoms with Gasteiger partial charge in [0.05, 0.1) is 28.9 Å². The van der Waals surface area contributed by atoms with E-state index in [1.165, 1.54) is 18.1 Å². The van der Waals surface area contributed by atoms with Gasteiger partial charge >= 0.3 is 0 Å². The minimum Gasteiger partial charge on any atom is -0.459 e. The summed E-state index contributed by atoms with van der Waals surface area (Å²) in [5.41, 5.74) is 2.61. The molecule has 0 spiro atoms. The van der Waals surface area contributed by atoms with E-state index in [0.29, 0.717) is 35.5 Å². The fourth-order valence-corrected chi connectivity index (χ4v) is 5.39. The SMILES string of the molecule is C=C(/C=C1\C(=C)N(C(C)=O)C(C)CN1C(=O)c1ccco1)c1ccc(NS(=O)(=O)C2CC2)cc1. The maximum Gasteiger partial charge on any atom is 0.294 e. The normalized spacial score (nSPS) is 19.9. The van der Waals surface area contributed by atoms with E-state index in [2.05, 4.69) is 17.9 Å². The van der Waals surface area contributed by atoms with Crippen LogP contribution in [-0.2, 0) is 14.8 Å². The van der Waals surface area contributed by atoms with Crippen LogP contribution < -0.4 is 4.72 Å². The number of amides is 2. The Labute approximate surface area is 199 Å². The van der Waals surface area contributed by atoms with Gasteiger partial charge in [-0.1, -0.05) is 25.3 Å². The maximum atomic E-state index is 13.1. The Kier molecular flexibility index (Phi) is 6.22. The molecule has 1 N–H and O–H groups in total. The lowest BCUT2D eigenvalue weighted by atomic mass is 10.0. The molecule has 2 fully saturated rings. The Morgan fingerprint density at radius 1 is 1.18 bits per heavy atom. The van der Waals surface area contributed by atoms with Crippen LogP contribution in [0.5, 0.6) is 0 Å². The van der Waals surface area contributed by atoms with E-state index in [1.54, 1.807) is 47.4 Å². The molecule has 34 heavy (non-hydrogen) atoms.